The van der Waals surface area contributed by atoms with Gasteiger partial charge in [-0.2, -0.15) is 5.26 Å². The highest BCUT2D eigenvalue weighted by Gasteiger charge is 2.31. The highest BCUT2D eigenvalue weighted by molar-refractivity contribution is 7.89. The largest absolute Gasteiger partial charge is 0.336 e. The minimum atomic E-state index is -3.62. The van der Waals surface area contributed by atoms with E-state index < -0.39 is 10.0 Å². The number of rotatable bonds is 6. The molecule has 0 saturated heterocycles. The van der Waals surface area contributed by atoms with Crippen LogP contribution in [0.15, 0.2) is 41.4 Å². The number of benzene rings is 1. The van der Waals surface area contributed by atoms with E-state index in [0.717, 1.165) is 35.0 Å². The average molecular weight is 423 g/mol. The lowest BCUT2D eigenvalue weighted by Crippen LogP contribution is -2.34. The summed E-state index contributed by atoms with van der Waals surface area (Å²) in [4.78, 5) is 4.60. The van der Waals surface area contributed by atoms with Crippen LogP contribution in [0.4, 0.5) is 0 Å². The van der Waals surface area contributed by atoms with Gasteiger partial charge in [0.05, 0.1) is 22.5 Å². The number of nitriles is 1. The lowest BCUT2D eigenvalue weighted by molar-refractivity contribution is 0.538. The van der Waals surface area contributed by atoms with Crippen molar-refractivity contribution in [3.63, 3.8) is 0 Å². The maximum absolute atomic E-state index is 12.7. The molecule has 6 nitrogen and oxygen atoms in total. The van der Waals surface area contributed by atoms with Gasteiger partial charge < -0.3 is 4.57 Å². The Bertz CT molecular complexity index is 1250. The van der Waals surface area contributed by atoms with Crippen molar-refractivity contribution in [2.24, 2.45) is 5.92 Å². The molecule has 1 atom stereocenters. The van der Waals surface area contributed by atoms with Crippen LogP contribution in [0.5, 0.6) is 0 Å². The van der Waals surface area contributed by atoms with Gasteiger partial charge in [-0.15, -0.1) is 0 Å². The Hall–Kier alpha value is -2.69. The molecular weight excluding hydrogens is 396 g/mol. The molecule has 7 heteroatoms. The summed E-state index contributed by atoms with van der Waals surface area (Å²) in [5.41, 5.74) is 3.96. The number of nitrogens with one attached hydrogen (secondary N) is 1. The van der Waals surface area contributed by atoms with Gasteiger partial charge in [0.25, 0.3) is 0 Å². The van der Waals surface area contributed by atoms with E-state index in [1.807, 2.05) is 26.0 Å². The fourth-order valence-electron chi connectivity index (χ4n) is 4.01. The molecule has 2 aromatic heterocycles. The normalized spacial score (nSPS) is 15.5. The van der Waals surface area contributed by atoms with Gasteiger partial charge in [-0.25, -0.2) is 13.1 Å². The quantitative estimate of drug-likeness (QED) is 0.632. The predicted octanol–water partition coefficient (Wildman–Crippen LogP) is 4.54. The molecule has 1 aliphatic carbocycles. The van der Waals surface area contributed by atoms with E-state index in [4.69, 9.17) is 0 Å². The SMILES string of the molecule is Cc1ccc2c(C#N)c(-c3ccc(S(=O)(=O)N[C@@H](C)C4CC4)cn3)n(C(C)C)c2c1. The Kier molecular flexibility index (Phi) is 5.16. The maximum Gasteiger partial charge on any atom is 0.242 e. The first kappa shape index (κ1) is 20.6. The molecule has 0 amide bonds. The minimum absolute atomic E-state index is 0.0772. The molecule has 0 unspecified atom stereocenters. The van der Waals surface area contributed by atoms with Gasteiger partial charge in [0.2, 0.25) is 10.0 Å². The van der Waals surface area contributed by atoms with Crippen molar-refractivity contribution >= 4 is 20.9 Å². The molecule has 0 radical (unpaired) electrons. The Morgan fingerprint density at radius 3 is 2.50 bits per heavy atom. The number of hydrogen-bond acceptors (Lipinski definition) is 4. The summed E-state index contributed by atoms with van der Waals surface area (Å²) in [6, 6.07) is 11.7. The van der Waals surface area contributed by atoms with Crippen LogP contribution in [-0.4, -0.2) is 24.0 Å². The van der Waals surface area contributed by atoms with Gasteiger partial charge in [0.15, 0.2) is 0 Å². The number of hydrogen-bond donors (Lipinski definition) is 1. The van der Waals surface area contributed by atoms with Crippen LogP contribution in [0.2, 0.25) is 0 Å². The van der Waals surface area contributed by atoms with E-state index in [1.54, 1.807) is 12.1 Å². The average Bonchev–Trinajstić information content (AvgIpc) is 3.49. The molecule has 30 heavy (non-hydrogen) atoms. The number of fused-ring (bicyclic) bond motifs is 1. The van der Waals surface area contributed by atoms with Crippen LogP contribution < -0.4 is 4.72 Å². The van der Waals surface area contributed by atoms with Gasteiger partial charge in [-0.1, -0.05) is 12.1 Å². The second kappa shape index (κ2) is 7.53. The van der Waals surface area contributed by atoms with Crippen molar-refractivity contribution < 1.29 is 8.42 Å². The maximum atomic E-state index is 12.7. The molecule has 0 spiro atoms. The van der Waals surface area contributed by atoms with Gasteiger partial charge >= 0.3 is 0 Å². The Morgan fingerprint density at radius 1 is 1.20 bits per heavy atom. The van der Waals surface area contributed by atoms with Gasteiger partial charge in [-0.3, -0.25) is 4.98 Å². The van der Waals surface area contributed by atoms with E-state index in [-0.39, 0.29) is 17.0 Å². The molecule has 4 rings (SSSR count). The zero-order valence-electron chi connectivity index (χ0n) is 17.7. The first-order valence-corrected chi connectivity index (χ1v) is 11.7. The Balaban J connectivity index is 1.79. The van der Waals surface area contributed by atoms with Crippen LogP contribution in [0.1, 0.15) is 50.8 Å². The van der Waals surface area contributed by atoms with Crippen molar-refractivity contribution in [3.05, 3.63) is 47.7 Å². The molecule has 0 aliphatic heterocycles. The smallest absolute Gasteiger partial charge is 0.242 e. The number of aryl methyl sites for hydroxylation is 1. The molecule has 0 bridgehead atoms. The summed E-state index contributed by atoms with van der Waals surface area (Å²) in [5, 5.41) is 10.8. The first-order chi connectivity index (χ1) is 14.2. The lowest BCUT2D eigenvalue weighted by Gasteiger charge is -2.16. The molecule has 1 fully saturated rings. The highest BCUT2D eigenvalue weighted by Crippen LogP contribution is 2.36. The van der Waals surface area contributed by atoms with E-state index in [1.165, 1.54) is 6.20 Å². The van der Waals surface area contributed by atoms with Crippen molar-refractivity contribution in [1.82, 2.24) is 14.3 Å². The van der Waals surface area contributed by atoms with E-state index >= 15 is 0 Å². The fraction of sp³-hybridized carbons (Fsp3) is 0.391. The Labute approximate surface area is 177 Å². The third-order valence-electron chi connectivity index (χ3n) is 5.75. The standard InChI is InChI=1S/C23H26N4O2S/c1-14(2)27-22-11-15(3)5-9-19(22)20(12-24)23(27)21-10-8-18(13-25-21)30(28,29)26-16(4)17-6-7-17/h5,8-11,13-14,16-17,26H,6-7H2,1-4H3/t16-/m0/s1. The second-order valence-electron chi connectivity index (χ2n) is 8.45. The first-order valence-electron chi connectivity index (χ1n) is 10.3. The van der Waals surface area contributed by atoms with Crippen molar-refractivity contribution in [2.75, 3.05) is 0 Å². The Morgan fingerprint density at radius 2 is 1.93 bits per heavy atom. The topological polar surface area (TPSA) is 87.8 Å². The summed E-state index contributed by atoms with van der Waals surface area (Å²) in [5.74, 6) is 0.426. The molecule has 3 aromatic rings. The molecular formula is C23H26N4O2S. The van der Waals surface area contributed by atoms with Crippen LogP contribution in [-0.2, 0) is 10.0 Å². The van der Waals surface area contributed by atoms with Crippen LogP contribution in [0.25, 0.3) is 22.3 Å². The predicted molar refractivity (Wildman–Crippen MR) is 118 cm³/mol. The van der Waals surface area contributed by atoms with Gasteiger partial charge in [0.1, 0.15) is 11.0 Å². The zero-order chi connectivity index (χ0) is 21.6. The van der Waals surface area contributed by atoms with Crippen LogP contribution >= 0.6 is 0 Å². The molecule has 156 valence electrons. The van der Waals surface area contributed by atoms with Gasteiger partial charge in [0, 0.05) is 23.7 Å². The third-order valence-corrected chi connectivity index (χ3v) is 7.29. The van der Waals surface area contributed by atoms with Crippen LogP contribution in [0.3, 0.4) is 0 Å². The van der Waals surface area contributed by atoms with Gasteiger partial charge in [-0.05, 0) is 70.2 Å². The van der Waals surface area contributed by atoms with E-state index in [9.17, 15) is 13.7 Å². The third kappa shape index (κ3) is 3.62. The summed E-state index contributed by atoms with van der Waals surface area (Å²) >= 11 is 0. The van der Waals surface area contributed by atoms with E-state index in [0.29, 0.717) is 17.2 Å². The number of aromatic nitrogens is 2. The van der Waals surface area contributed by atoms with Crippen molar-refractivity contribution in [2.45, 2.75) is 57.5 Å². The summed E-state index contributed by atoms with van der Waals surface area (Å²) < 4.78 is 30.2. The summed E-state index contributed by atoms with van der Waals surface area (Å²) in [6.45, 7) is 8.05. The molecule has 1 N–H and O–H groups in total. The highest BCUT2D eigenvalue weighted by atomic mass is 32.2. The molecule has 1 saturated carbocycles. The summed E-state index contributed by atoms with van der Waals surface area (Å²) in [7, 11) is -3.62. The number of pyridine rings is 1. The monoisotopic (exact) mass is 422 g/mol. The number of nitrogens with zero attached hydrogens (tertiary/aromatic N) is 3. The second-order valence-corrected chi connectivity index (χ2v) is 10.2. The van der Waals surface area contributed by atoms with E-state index in [2.05, 4.69) is 40.3 Å². The number of sulfonamides is 1. The fourth-order valence-corrected chi connectivity index (χ4v) is 5.26. The van der Waals surface area contributed by atoms with Crippen molar-refractivity contribution in [1.29, 1.82) is 5.26 Å². The molecule has 1 aliphatic rings. The summed E-state index contributed by atoms with van der Waals surface area (Å²) in [6.07, 6.45) is 3.51. The molecule has 2 heterocycles. The van der Waals surface area contributed by atoms with Crippen molar-refractivity contribution in [3.8, 4) is 17.5 Å². The van der Waals surface area contributed by atoms with Crippen LogP contribution in [0, 0.1) is 24.2 Å². The lowest BCUT2D eigenvalue weighted by atomic mass is 10.1. The molecule has 1 aromatic carbocycles. The zero-order valence-corrected chi connectivity index (χ0v) is 18.5. The minimum Gasteiger partial charge on any atom is -0.336 e.